The Kier molecular flexibility index (Phi) is 5.08. The van der Waals surface area contributed by atoms with Gasteiger partial charge < -0.3 is 15.4 Å². The van der Waals surface area contributed by atoms with Gasteiger partial charge in [-0.2, -0.15) is 0 Å². The summed E-state index contributed by atoms with van der Waals surface area (Å²) >= 11 is 0. The van der Waals surface area contributed by atoms with Gasteiger partial charge in [0.05, 0.1) is 11.4 Å². The third kappa shape index (κ3) is 4.78. The Hall–Kier alpha value is -3.02. The summed E-state index contributed by atoms with van der Waals surface area (Å²) < 4.78 is 5.27. The molecule has 0 aromatic heterocycles. The number of hydrogen-bond acceptors (Lipinski definition) is 4. The van der Waals surface area contributed by atoms with Crippen molar-refractivity contribution in [2.24, 2.45) is 0 Å². The van der Waals surface area contributed by atoms with E-state index in [0.717, 1.165) is 22.5 Å². The third-order valence-corrected chi connectivity index (χ3v) is 4.06. The molecule has 1 aliphatic rings. The van der Waals surface area contributed by atoms with Gasteiger partial charge >= 0.3 is 6.09 Å². The monoisotopic (exact) mass is 367 g/mol. The second-order valence-electron chi connectivity index (χ2n) is 7.73. The third-order valence-electron chi connectivity index (χ3n) is 4.06. The number of anilines is 3. The van der Waals surface area contributed by atoms with Crippen molar-refractivity contribution in [1.82, 2.24) is 0 Å². The first-order chi connectivity index (χ1) is 12.7. The molecule has 6 nitrogen and oxygen atoms in total. The van der Waals surface area contributed by atoms with E-state index >= 15 is 0 Å². The highest BCUT2D eigenvalue weighted by Gasteiger charge is 2.20. The number of nitrogens with one attached hydrogen (secondary N) is 3. The Bertz CT molecular complexity index is 854. The van der Waals surface area contributed by atoms with Crippen LogP contribution in [0.1, 0.15) is 34.1 Å². The van der Waals surface area contributed by atoms with Crippen LogP contribution in [0.25, 0.3) is 11.1 Å². The van der Waals surface area contributed by atoms with E-state index in [4.69, 9.17) is 4.74 Å². The molecule has 142 valence electrons. The molecule has 1 aliphatic heterocycles. The highest BCUT2D eigenvalue weighted by Crippen LogP contribution is 2.37. The standard InChI is InChI=1S/C21H25N3O3/c1-13-12-18(25)24-17-7-5-6-16(19(17)22-13)14-8-10-15(11-9-14)23-20(26)27-21(2,3)4/h5-11,13,22H,12H2,1-4H3,(H,23,26)(H,24,25). The summed E-state index contributed by atoms with van der Waals surface area (Å²) in [5.74, 6) is 0.00260. The fourth-order valence-corrected chi connectivity index (χ4v) is 2.98. The first kappa shape index (κ1) is 18.8. The van der Waals surface area contributed by atoms with Crippen molar-refractivity contribution in [3.8, 4) is 11.1 Å². The summed E-state index contributed by atoms with van der Waals surface area (Å²) in [5, 5.41) is 9.10. The molecule has 2 amide bonds. The van der Waals surface area contributed by atoms with Crippen LogP contribution in [0.3, 0.4) is 0 Å². The number of ether oxygens (including phenoxy) is 1. The van der Waals surface area contributed by atoms with Gasteiger partial charge in [-0.05, 0) is 51.5 Å². The van der Waals surface area contributed by atoms with Crippen LogP contribution in [0.5, 0.6) is 0 Å². The van der Waals surface area contributed by atoms with Gasteiger partial charge in [-0.15, -0.1) is 0 Å². The molecule has 0 radical (unpaired) electrons. The van der Waals surface area contributed by atoms with E-state index in [0.29, 0.717) is 12.1 Å². The largest absolute Gasteiger partial charge is 0.444 e. The molecule has 1 atom stereocenters. The number of carbonyl (C=O) groups excluding carboxylic acids is 2. The molecular weight excluding hydrogens is 342 g/mol. The van der Waals surface area contributed by atoms with E-state index in [1.807, 2.05) is 70.2 Å². The highest BCUT2D eigenvalue weighted by molar-refractivity contribution is 6.00. The minimum Gasteiger partial charge on any atom is -0.444 e. The molecule has 2 aromatic carbocycles. The molecule has 1 unspecified atom stereocenters. The molecule has 0 fully saturated rings. The normalized spacial score (nSPS) is 16.4. The van der Waals surface area contributed by atoms with Crippen LogP contribution < -0.4 is 16.0 Å². The van der Waals surface area contributed by atoms with E-state index in [-0.39, 0.29) is 11.9 Å². The zero-order valence-corrected chi connectivity index (χ0v) is 16.1. The second kappa shape index (κ2) is 7.31. The van der Waals surface area contributed by atoms with Crippen LogP contribution in [0.15, 0.2) is 42.5 Å². The Labute approximate surface area is 159 Å². The van der Waals surface area contributed by atoms with Crippen molar-refractivity contribution >= 4 is 29.1 Å². The van der Waals surface area contributed by atoms with Crippen LogP contribution in [0, 0.1) is 0 Å². The van der Waals surface area contributed by atoms with Crippen molar-refractivity contribution in [3.05, 3.63) is 42.5 Å². The van der Waals surface area contributed by atoms with Crippen molar-refractivity contribution in [1.29, 1.82) is 0 Å². The Balaban J connectivity index is 1.83. The molecule has 3 rings (SSSR count). The zero-order chi connectivity index (χ0) is 19.6. The van der Waals surface area contributed by atoms with Gasteiger partial charge in [0.25, 0.3) is 0 Å². The molecule has 3 N–H and O–H groups in total. The van der Waals surface area contributed by atoms with Crippen molar-refractivity contribution in [3.63, 3.8) is 0 Å². The number of hydrogen-bond donors (Lipinski definition) is 3. The smallest absolute Gasteiger partial charge is 0.412 e. The lowest BCUT2D eigenvalue weighted by molar-refractivity contribution is -0.116. The number of amides is 2. The van der Waals surface area contributed by atoms with Crippen molar-refractivity contribution in [2.45, 2.75) is 45.8 Å². The van der Waals surface area contributed by atoms with Gasteiger partial charge in [0, 0.05) is 23.7 Å². The van der Waals surface area contributed by atoms with E-state index in [1.54, 1.807) is 0 Å². The van der Waals surface area contributed by atoms with Gasteiger partial charge in [0.1, 0.15) is 5.60 Å². The molecule has 0 spiro atoms. The highest BCUT2D eigenvalue weighted by atomic mass is 16.6. The lowest BCUT2D eigenvalue weighted by atomic mass is 10.0. The summed E-state index contributed by atoms with van der Waals surface area (Å²) in [7, 11) is 0. The lowest BCUT2D eigenvalue weighted by Gasteiger charge is -2.20. The van der Waals surface area contributed by atoms with Gasteiger partial charge in [-0.25, -0.2) is 4.79 Å². The Morgan fingerprint density at radius 2 is 1.85 bits per heavy atom. The van der Waals surface area contributed by atoms with Gasteiger partial charge in [-0.1, -0.05) is 24.3 Å². The van der Waals surface area contributed by atoms with Crippen molar-refractivity contribution < 1.29 is 14.3 Å². The minimum atomic E-state index is -0.543. The van der Waals surface area contributed by atoms with Crippen LogP contribution in [0.4, 0.5) is 21.9 Å². The van der Waals surface area contributed by atoms with Gasteiger partial charge in [-0.3, -0.25) is 10.1 Å². The van der Waals surface area contributed by atoms with Crippen molar-refractivity contribution in [2.75, 3.05) is 16.0 Å². The topological polar surface area (TPSA) is 79.5 Å². The van der Waals surface area contributed by atoms with Crippen LogP contribution in [-0.2, 0) is 9.53 Å². The Morgan fingerprint density at radius 1 is 1.15 bits per heavy atom. The molecule has 2 aromatic rings. The average Bonchev–Trinajstić information content (AvgIpc) is 2.69. The predicted octanol–water partition coefficient (Wildman–Crippen LogP) is 4.84. The maximum absolute atomic E-state index is 11.9. The quantitative estimate of drug-likeness (QED) is 0.709. The maximum atomic E-state index is 11.9. The average molecular weight is 367 g/mol. The van der Waals surface area contributed by atoms with Gasteiger partial charge in [0.2, 0.25) is 5.91 Å². The van der Waals surface area contributed by atoms with Crippen LogP contribution in [0.2, 0.25) is 0 Å². The zero-order valence-electron chi connectivity index (χ0n) is 16.1. The summed E-state index contributed by atoms with van der Waals surface area (Å²) in [4.78, 5) is 23.8. The fraction of sp³-hybridized carbons (Fsp3) is 0.333. The Morgan fingerprint density at radius 3 is 2.52 bits per heavy atom. The SMILES string of the molecule is CC1CC(=O)Nc2cccc(-c3ccc(NC(=O)OC(C)(C)C)cc3)c2N1. The molecule has 0 bridgehead atoms. The van der Waals surface area contributed by atoms with E-state index in [2.05, 4.69) is 16.0 Å². The maximum Gasteiger partial charge on any atom is 0.412 e. The summed E-state index contributed by atoms with van der Waals surface area (Å²) in [6, 6.07) is 13.4. The number of para-hydroxylation sites is 1. The molecule has 0 aliphatic carbocycles. The molecule has 0 saturated heterocycles. The fourth-order valence-electron chi connectivity index (χ4n) is 2.98. The first-order valence-corrected chi connectivity index (χ1v) is 9.01. The molecule has 1 heterocycles. The van der Waals surface area contributed by atoms with Gasteiger partial charge in [0.15, 0.2) is 0 Å². The van der Waals surface area contributed by atoms with E-state index in [9.17, 15) is 9.59 Å². The first-order valence-electron chi connectivity index (χ1n) is 9.01. The summed E-state index contributed by atoms with van der Waals surface area (Å²) in [6.07, 6.45) is -0.0608. The molecular formula is C21H25N3O3. The minimum absolute atomic E-state index is 0.00260. The molecule has 6 heteroatoms. The number of benzene rings is 2. The predicted molar refractivity (Wildman–Crippen MR) is 108 cm³/mol. The molecule has 0 saturated carbocycles. The van der Waals surface area contributed by atoms with Crippen LogP contribution in [-0.4, -0.2) is 23.6 Å². The summed E-state index contributed by atoms with van der Waals surface area (Å²) in [6.45, 7) is 7.45. The van der Waals surface area contributed by atoms with E-state index < -0.39 is 11.7 Å². The number of carbonyl (C=O) groups is 2. The van der Waals surface area contributed by atoms with Crippen LogP contribution >= 0.6 is 0 Å². The number of rotatable bonds is 2. The second-order valence-corrected chi connectivity index (χ2v) is 7.73. The van der Waals surface area contributed by atoms with E-state index in [1.165, 1.54) is 0 Å². The lowest BCUT2D eigenvalue weighted by Crippen LogP contribution is -2.27. The summed E-state index contributed by atoms with van der Waals surface area (Å²) in [5.41, 5.74) is 3.77. The molecule has 27 heavy (non-hydrogen) atoms. The number of fused-ring (bicyclic) bond motifs is 1.